The molecule has 0 aromatic rings. The molecule has 5 fully saturated rings. The van der Waals surface area contributed by atoms with Crippen LogP contribution in [0.25, 0.3) is 0 Å². The molecule has 0 aromatic heterocycles. The van der Waals surface area contributed by atoms with Crippen LogP contribution in [0.15, 0.2) is 0 Å². The third-order valence-electron chi connectivity index (χ3n) is 14.3. The van der Waals surface area contributed by atoms with Gasteiger partial charge in [0.1, 0.15) is 6.10 Å². The molecule has 0 heterocycles. The van der Waals surface area contributed by atoms with Gasteiger partial charge in [-0.2, -0.15) is 0 Å². The lowest BCUT2D eigenvalue weighted by Crippen LogP contribution is -2.70. The van der Waals surface area contributed by atoms with Gasteiger partial charge < -0.3 is 14.6 Å². The number of esters is 2. The van der Waals surface area contributed by atoms with Gasteiger partial charge in [0.15, 0.2) is 0 Å². The number of hydrogen-bond donors (Lipinski definition) is 1. The van der Waals surface area contributed by atoms with E-state index in [1.807, 2.05) is 13.8 Å². The van der Waals surface area contributed by atoms with Gasteiger partial charge in [-0.1, -0.05) is 34.1 Å². The number of aliphatic hydroxyl groups is 1. The lowest BCUT2D eigenvalue weighted by Gasteiger charge is -2.73. The molecule has 0 aliphatic heterocycles. The number of hydrogen-bond acceptors (Lipinski definition) is 5. The van der Waals surface area contributed by atoms with E-state index in [0.717, 1.165) is 57.8 Å². The second-order valence-corrected chi connectivity index (χ2v) is 16.0. The SMILES string of the molecule is COC(=O)[C@@]1(C)CCC[C@@]2(C)[C@H]1CC[C@]1(C)[C@@H]2CC[C@@H]2[C@@]3(C)CC[C@H](C(C)(C)O)[C@@H]3C[C@H](OC(C)=O)[C@]21C. The van der Waals surface area contributed by atoms with E-state index in [0.29, 0.717) is 23.7 Å². The molecule has 0 unspecified atom stereocenters. The maximum atomic E-state index is 13.2. The van der Waals surface area contributed by atoms with Crippen LogP contribution in [0.5, 0.6) is 0 Å². The van der Waals surface area contributed by atoms with Gasteiger partial charge in [0.25, 0.3) is 0 Å². The smallest absolute Gasteiger partial charge is 0.311 e. The molecule has 5 rings (SSSR count). The van der Waals surface area contributed by atoms with Crippen LogP contribution in [0.3, 0.4) is 0 Å². The van der Waals surface area contributed by atoms with Gasteiger partial charge in [-0.25, -0.2) is 0 Å². The second kappa shape index (κ2) is 8.70. The highest BCUT2D eigenvalue weighted by Gasteiger charge is 2.74. The van der Waals surface area contributed by atoms with E-state index in [-0.39, 0.29) is 45.6 Å². The van der Waals surface area contributed by atoms with Crippen LogP contribution >= 0.6 is 0 Å². The third-order valence-corrected chi connectivity index (χ3v) is 14.3. The minimum Gasteiger partial charge on any atom is -0.469 e. The van der Waals surface area contributed by atoms with Crippen LogP contribution in [-0.4, -0.2) is 35.9 Å². The Kier molecular flexibility index (Phi) is 6.51. The molecule has 0 aromatic carbocycles. The van der Waals surface area contributed by atoms with Crippen molar-refractivity contribution in [1.29, 1.82) is 0 Å². The fraction of sp³-hybridized carbons (Fsp3) is 0.939. The van der Waals surface area contributed by atoms with Gasteiger partial charge in [0.2, 0.25) is 0 Å². The molecule has 0 radical (unpaired) electrons. The average Bonchev–Trinajstić information content (AvgIpc) is 3.16. The van der Waals surface area contributed by atoms with Crippen LogP contribution in [0, 0.1) is 56.7 Å². The average molecular weight is 531 g/mol. The van der Waals surface area contributed by atoms with Gasteiger partial charge >= 0.3 is 11.9 Å². The summed E-state index contributed by atoms with van der Waals surface area (Å²) in [6.07, 6.45) is 10.4. The summed E-state index contributed by atoms with van der Waals surface area (Å²) in [6.45, 7) is 17.7. The maximum absolute atomic E-state index is 13.2. The summed E-state index contributed by atoms with van der Waals surface area (Å²) in [5.41, 5.74) is -1.10. The van der Waals surface area contributed by atoms with E-state index >= 15 is 0 Å². The van der Waals surface area contributed by atoms with Gasteiger partial charge in [-0.3, -0.25) is 9.59 Å². The van der Waals surface area contributed by atoms with E-state index < -0.39 is 11.0 Å². The zero-order valence-electron chi connectivity index (χ0n) is 25.6. The second-order valence-electron chi connectivity index (χ2n) is 16.0. The van der Waals surface area contributed by atoms with Crippen molar-refractivity contribution >= 4 is 11.9 Å². The first kappa shape index (κ1) is 28.4. The van der Waals surface area contributed by atoms with Crippen molar-refractivity contribution in [2.75, 3.05) is 7.11 Å². The molecule has 5 aliphatic carbocycles. The number of ether oxygens (including phenoxy) is 2. The molecular formula is C33H54O5. The Labute approximate surface area is 231 Å². The zero-order valence-corrected chi connectivity index (χ0v) is 25.6. The summed E-state index contributed by atoms with van der Waals surface area (Å²) in [7, 11) is 1.55. The summed E-state index contributed by atoms with van der Waals surface area (Å²) in [5, 5.41) is 11.2. The first-order valence-electron chi connectivity index (χ1n) is 15.5. The maximum Gasteiger partial charge on any atom is 0.311 e. The molecule has 5 saturated carbocycles. The zero-order chi connectivity index (χ0) is 28.1. The molecule has 1 N–H and O–H groups in total. The number of fused-ring (bicyclic) bond motifs is 7. The predicted molar refractivity (Wildman–Crippen MR) is 148 cm³/mol. The molecule has 5 aliphatic rings. The van der Waals surface area contributed by atoms with Crippen molar-refractivity contribution in [3.8, 4) is 0 Å². The number of methoxy groups -OCH3 is 1. The number of carbonyl (C=O) groups is 2. The number of rotatable bonds is 3. The van der Waals surface area contributed by atoms with Crippen LogP contribution in [-0.2, 0) is 19.1 Å². The van der Waals surface area contributed by atoms with Gasteiger partial charge in [-0.15, -0.1) is 0 Å². The van der Waals surface area contributed by atoms with E-state index in [1.165, 1.54) is 6.42 Å². The Hall–Kier alpha value is -1.10. The standard InChI is InChI=1S/C33H54O5/c1-20(34)38-26-19-22-21(28(2,3)36)13-17-29(22,4)25-12-11-24-30(5)15-10-16-31(6,27(35)37-9)23(30)14-18-32(24,7)33(25,26)8/h21-26,36H,10-19H2,1-9H3/t21-,22-,23+,24+,25+,26-,29-,30-,31-,32+,33-/m0/s1. The minimum absolute atomic E-state index is 0.0104. The first-order chi connectivity index (χ1) is 17.5. The highest BCUT2D eigenvalue weighted by Crippen LogP contribution is 2.78. The van der Waals surface area contributed by atoms with Gasteiger partial charge in [0, 0.05) is 12.3 Å². The van der Waals surface area contributed by atoms with Gasteiger partial charge in [0.05, 0.1) is 18.1 Å². The molecule has 11 atom stereocenters. The molecule has 0 amide bonds. The van der Waals surface area contributed by atoms with E-state index in [9.17, 15) is 14.7 Å². The minimum atomic E-state index is -0.732. The first-order valence-corrected chi connectivity index (χ1v) is 15.5. The van der Waals surface area contributed by atoms with Gasteiger partial charge in [-0.05, 0) is 124 Å². The largest absolute Gasteiger partial charge is 0.469 e. The van der Waals surface area contributed by atoms with E-state index in [1.54, 1.807) is 14.0 Å². The number of carbonyl (C=O) groups excluding carboxylic acids is 2. The summed E-state index contributed by atoms with van der Waals surface area (Å²) < 4.78 is 11.8. The Morgan fingerprint density at radius 3 is 2.11 bits per heavy atom. The molecule has 216 valence electrons. The summed E-state index contributed by atoms with van der Waals surface area (Å²) >= 11 is 0. The van der Waals surface area contributed by atoms with Crippen molar-refractivity contribution < 1.29 is 24.2 Å². The van der Waals surface area contributed by atoms with Crippen molar-refractivity contribution in [3.63, 3.8) is 0 Å². The molecule has 5 heteroatoms. The normalized spacial score (nSPS) is 52.2. The Morgan fingerprint density at radius 2 is 1.50 bits per heavy atom. The Bertz CT molecular complexity index is 984. The molecule has 38 heavy (non-hydrogen) atoms. The van der Waals surface area contributed by atoms with Crippen LogP contribution in [0.4, 0.5) is 0 Å². The highest BCUT2D eigenvalue weighted by molar-refractivity contribution is 5.77. The molecule has 5 nitrogen and oxygen atoms in total. The van der Waals surface area contributed by atoms with Crippen LogP contribution < -0.4 is 0 Å². The lowest BCUT2D eigenvalue weighted by molar-refractivity contribution is -0.279. The fourth-order valence-electron chi connectivity index (χ4n) is 12.6. The molecule has 0 saturated heterocycles. The summed E-state index contributed by atoms with van der Waals surface area (Å²) in [4.78, 5) is 25.8. The van der Waals surface area contributed by atoms with E-state index in [2.05, 4.69) is 34.6 Å². The van der Waals surface area contributed by atoms with E-state index in [4.69, 9.17) is 9.47 Å². The monoisotopic (exact) mass is 530 g/mol. The Balaban J connectivity index is 1.60. The van der Waals surface area contributed by atoms with Crippen molar-refractivity contribution in [1.82, 2.24) is 0 Å². The molecule has 0 spiro atoms. The van der Waals surface area contributed by atoms with Crippen molar-refractivity contribution in [2.45, 2.75) is 131 Å². The van der Waals surface area contributed by atoms with Crippen molar-refractivity contribution in [2.24, 2.45) is 56.7 Å². The highest BCUT2D eigenvalue weighted by atomic mass is 16.5. The molecular weight excluding hydrogens is 476 g/mol. The van der Waals surface area contributed by atoms with Crippen molar-refractivity contribution in [3.05, 3.63) is 0 Å². The Morgan fingerprint density at radius 1 is 0.842 bits per heavy atom. The summed E-state index contributed by atoms with van der Waals surface area (Å²) in [5.74, 6) is 1.61. The summed E-state index contributed by atoms with van der Waals surface area (Å²) in [6, 6.07) is 0. The lowest BCUT2D eigenvalue weighted by atomic mass is 9.31. The predicted octanol–water partition coefficient (Wildman–Crippen LogP) is 6.94. The topological polar surface area (TPSA) is 72.8 Å². The third kappa shape index (κ3) is 3.51. The van der Waals surface area contributed by atoms with Crippen LogP contribution in [0.2, 0.25) is 0 Å². The van der Waals surface area contributed by atoms with Crippen LogP contribution in [0.1, 0.15) is 120 Å². The quantitative estimate of drug-likeness (QED) is 0.400. The fourth-order valence-corrected chi connectivity index (χ4v) is 12.6. The molecule has 0 bridgehead atoms.